The molecule has 158 valence electrons. The molecule has 4 nitrogen and oxygen atoms in total. The summed E-state index contributed by atoms with van der Waals surface area (Å²) in [6.07, 6.45) is 22.4. The average molecular weight is 419 g/mol. The van der Waals surface area contributed by atoms with Crippen molar-refractivity contribution in [1.82, 2.24) is 15.0 Å². The Bertz CT molecular complexity index is 355. The summed E-state index contributed by atoms with van der Waals surface area (Å²) in [5.74, 6) is 0. The predicted molar refractivity (Wildman–Crippen MR) is 118 cm³/mol. The van der Waals surface area contributed by atoms with Crippen LogP contribution in [0.25, 0.3) is 0 Å². The topological polar surface area (TPSA) is 64.7 Å². The molecule has 1 aromatic rings. The van der Waals surface area contributed by atoms with Gasteiger partial charge in [-0.1, -0.05) is 77.6 Å². The lowest BCUT2D eigenvalue weighted by molar-refractivity contribution is 0.533. The van der Waals surface area contributed by atoms with E-state index in [0.717, 1.165) is 19.3 Å². The minimum Gasteiger partial charge on any atom is -0.330 e. The first kappa shape index (κ1) is 26.6. The maximum absolute atomic E-state index is 6.31. The van der Waals surface area contributed by atoms with E-state index in [4.69, 9.17) is 28.9 Å². The van der Waals surface area contributed by atoms with Gasteiger partial charge in [0, 0.05) is 10.8 Å². The van der Waals surface area contributed by atoms with E-state index in [9.17, 15) is 0 Å². The van der Waals surface area contributed by atoms with Crippen molar-refractivity contribution < 1.29 is 0 Å². The van der Waals surface area contributed by atoms with Crippen molar-refractivity contribution >= 4 is 23.2 Å². The Labute approximate surface area is 177 Å². The Kier molecular flexibility index (Phi) is 21.5. The zero-order valence-electron chi connectivity index (χ0n) is 17.2. The summed E-state index contributed by atoms with van der Waals surface area (Å²) in [6.45, 7) is 2.94. The van der Waals surface area contributed by atoms with Gasteiger partial charge < -0.3 is 5.73 Å². The fraction of sp³-hybridized carbons (Fsp3) is 0.857. The fourth-order valence-electron chi connectivity index (χ4n) is 2.93. The van der Waals surface area contributed by atoms with Crippen LogP contribution in [0.5, 0.6) is 0 Å². The van der Waals surface area contributed by atoms with E-state index in [1.54, 1.807) is 0 Å². The zero-order chi connectivity index (χ0) is 20.0. The number of alkyl halides is 2. The minimum atomic E-state index is 0.158. The van der Waals surface area contributed by atoms with Crippen molar-refractivity contribution in [2.24, 2.45) is 5.73 Å². The zero-order valence-corrected chi connectivity index (χ0v) is 18.7. The molecule has 2 unspecified atom stereocenters. The predicted octanol–water partition coefficient (Wildman–Crippen LogP) is 6.51. The van der Waals surface area contributed by atoms with E-state index in [-0.39, 0.29) is 10.8 Å². The van der Waals surface area contributed by atoms with Gasteiger partial charge in [-0.15, -0.1) is 23.2 Å². The van der Waals surface area contributed by atoms with E-state index in [1.807, 2.05) is 0 Å². The number of hydrogen-bond donors (Lipinski definition) is 1. The van der Waals surface area contributed by atoms with Gasteiger partial charge in [0.15, 0.2) is 0 Å². The Morgan fingerprint density at radius 2 is 1.07 bits per heavy atom. The van der Waals surface area contributed by atoms with Crippen LogP contribution in [0.3, 0.4) is 0 Å². The van der Waals surface area contributed by atoms with Crippen molar-refractivity contribution in [3.05, 3.63) is 19.0 Å². The van der Waals surface area contributed by atoms with Crippen molar-refractivity contribution in [2.75, 3.05) is 6.54 Å². The van der Waals surface area contributed by atoms with Crippen LogP contribution in [0.2, 0.25) is 0 Å². The molecule has 0 aliphatic rings. The second-order valence-corrected chi connectivity index (χ2v) is 8.36. The van der Waals surface area contributed by atoms with Gasteiger partial charge in [0.05, 0.1) is 0 Å². The number of unbranched alkanes of at least 4 members (excludes halogenated alkanes) is 10. The highest BCUT2D eigenvalue weighted by atomic mass is 35.5. The van der Waals surface area contributed by atoms with Gasteiger partial charge in [-0.05, 0) is 25.8 Å². The van der Waals surface area contributed by atoms with Crippen molar-refractivity contribution in [1.29, 1.82) is 0 Å². The summed E-state index contributed by atoms with van der Waals surface area (Å²) in [5, 5.41) is 0.392. The van der Waals surface area contributed by atoms with Crippen LogP contribution in [-0.2, 0) is 0 Å². The second kappa shape index (κ2) is 21.8. The standard InChI is InChI=1S/C18H37Cl2N.C3H3N3/c1-2-3-4-5-6-7-8-9-10-11-12-13-17(19)16-18(20)14-15-21;1-4-2-6-3-5-1/h17-18H,2-16,21H2,1H3;1-3H. The molecule has 0 fully saturated rings. The SMILES string of the molecule is CCCCCCCCCCCCCC(Cl)CC(Cl)CCN.c1ncncn1. The first-order chi connectivity index (χ1) is 13.2. The average Bonchev–Trinajstić information content (AvgIpc) is 2.68. The molecule has 0 spiro atoms. The maximum atomic E-state index is 6.31. The van der Waals surface area contributed by atoms with Gasteiger partial charge >= 0.3 is 0 Å². The molecule has 0 radical (unpaired) electrons. The van der Waals surface area contributed by atoms with Gasteiger partial charge in [0.25, 0.3) is 0 Å². The van der Waals surface area contributed by atoms with Crippen LogP contribution in [0.15, 0.2) is 19.0 Å². The molecule has 27 heavy (non-hydrogen) atoms. The number of halogens is 2. The highest BCUT2D eigenvalue weighted by Crippen LogP contribution is 2.19. The largest absolute Gasteiger partial charge is 0.330 e. The number of nitrogens with two attached hydrogens (primary N) is 1. The molecule has 0 bridgehead atoms. The third-order valence-corrected chi connectivity index (χ3v) is 5.31. The first-order valence-electron chi connectivity index (χ1n) is 10.7. The molecular weight excluding hydrogens is 379 g/mol. The van der Waals surface area contributed by atoms with Gasteiger partial charge in [-0.25, -0.2) is 15.0 Å². The molecular formula is C21H40Cl2N4. The van der Waals surface area contributed by atoms with Gasteiger partial charge in [-0.3, -0.25) is 0 Å². The number of hydrogen-bond acceptors (Lipinski definition) is 4. The number of nitrogens with zero attached hydrogens (tertiary/aromatic N) is 3. The van der Waals surface area contributed by atoms with E-state index in [0.29, 0.717) is 6.54 Å². The van der Waals surface area contributed by atoms with Crippen LogP contribution in [0.1, 0.15) is 96.8 Å². The molecule has 0 aliphatic heterocycles. The number of rotatable bonds is 16. The molecule has 6 heteroatoms. The van der Waals surface area contributed by atoms with Crippen molar-refractivity contribution in [2.45, 2.75) is 108 Å². The molecule has 1 heterocycles. The molecule has 0 aliphatic carbocycles. The van der Waals surface area contributed by atoms with E-state index in [1.165, 1.54) is 89.6 Å². The number of aromatic nitrogens is 3. The molecule has 0 amide bonds. The van der Waals surface area contributed by atoms with Crippen LogP contribution in [-0.4, -0.2) is 32.3 Å². The summed E-state index contributed by atoms with van der Waals surface area (Å²) >= 11 is 12.5. The lowest BCUT2D eigenvalue weighted by Gasteiger charge is -2.13. The molecule has 2 N–H and O–H groups in total. The summed E-state index contributed by atoms with van der Waals surface area (Å²) < 4.78 is 0. The van der Waals surface area contributed by atoms with Crippen LogP contribution >= 0.6 is 23.2 Å². The second-order valence-electron chi connectivity index (χ2n) is 7.13. The van der Waals surface area contributed by atoms with Gasteiger partial charge in [0.1, 0.15) is 19.0 Å². The third-order valence-electron chi connectivity index (χ3n) is 4.51. The van der Waals surface area contributed by atoms with Gasteiger partial charge in [-0.2, -0.15) is 0 Å². The molecule has 0 saturated heterocycles. The molecule has 2 atom stereocenters. The normalized spacial score (nSPS) is 12.9. The smallest absolute Gasteiger partial charge is 0.119 e. The van der Waals surface area contributed by atoms with Crippen LogP contribution in [0.4, 0.5) is 0 Å². The molecule has 1 rings (SSSR count). The van der Waals surface area contributed by atoms with Crippen LogP contribution in [0, 0.1) is 0 Å². The summed E-state index contributed by atoms with van der Waals surface area (Å²) in [4.78, 5) is 10.7. The highest BCUT2D eigenvalue weighted by molar-refractivity contribution is 6.23. The lowest BCUT2D eigenvalue weighted by Crippen LogP contribution is -2.13. The Hall–Kier alpha value is -0.450. The summed E-state index contributed by atoms with van der Waals surface area (Å²) in [6, 6.07) is 0. The monoisotopic (exact) mass is 418 g/mol. The van der Waals surface area contributed by atoms with Crippen molar-refractivity contribution in [3.8, 4) is 0 Å². The molecule has 0 aromatic carbocycles. The van der Waals surface area contributed by atoms with Crippen LogP contribution < -0.4 is 5.73 Å². The first-order valence-corrected chi connectivity index (χ1v) is 11.6. The summed E-state index contributed by atoms with van der Waals surface area (Å²) in [7, 11) is 0. The van der Waals surface area contributed by atoms with E-state index < -0.39 is 0 Å². The van der Waals surface area contributed by atoms with E-state index >= 15 is 0 Å². The van der Waals surface area contributed by atoms with Gasteiger partial charge in [0.2, 0.25) is 0 Å². The highest BCUT2D eigenvalue weighted by Gasteiger charge is 2.11. The minimum absolute atomic E-state index is 0.158. The Morgan fingerprint density at radius 3 is 1.48 bits per heavy atom. The lowest BCUT2D eigenvalue weighted by atomic mass is 10.0. The summed E-state index contributed by atoms with van der Waals surface area (Å²) in [5.41, 5.74) is 5.49. The molecule has 1 aromatic heterocycles. The fourth-order valence-corrected chi connectivity index (χ4v) is 3.73. The molecule has 0 saturated carbocycles. The van der Waals surface area contributed by atoms with E-state index in [2.05, 4.69) is 21.9 Å². The Morgan fingerprint density at radius 1 is 0.667 bits per heavy atom. The third kappa shape index (κ3) is 21.7. The Balaban J connectivity index is 0.000000941. The quantitative estimate of drug-likeness (QED) is 0.245. The maximum Gasteiger partial charge on any atom is 0.119 e. The van der Waals surface area contributed by atoms with Crippen molar-refractivity contribution in [3.63, 3.8) is 0 Å².